The second-order valence-electron chi connectivity index (χ2n) is 6.70. The maximum absolute atomic E-state index is 13.9. The third-order valence-electron chi connectivity index (χ3n) is 4.82. The van der Waals surface area contributed by atoms with E-state index in [9.17, 15) is 17.6 Å². The van der Waals surface area contributed by atoms with Crippen LogP contribution in [0.25, 0.3) is 0 Å². The van der Waals surface area contributed by atoms with Gasteiger partial charge in [-0.25, -0.2) is 17.1 Å². The van der Waals surface area contributed by atoms with E-state index >= 15 is 0 Å². The van der Waals surface area contributed by atoms with E-state index in [2.05, 4.69) is 10.3 Å². The van der Waals surface area contributed by atoms with Crippen LogP contribution >= 0.6 is 11.6 Å². The van der Waals surface area contributed by atoms with Crippen molar-refractivity contribution in [1.82, 2.24) is 14.6 Å². The number of nitrogens with one attached hydrogen (secondary N) is 1. The number of carbonyl (C=O) groups excluding carboxylic acids is 1. The number of carbonyl (C=O) groups is 1. The molecule has 28 heavy (non-hydrogen) atoms. The van der Waals surface area contributed by atoms with E-state index in [4.69, 9.17) is 11.6 Å². The van der Waals surface area contributed by atoms with Crippen LogP contribution in [0.4, 0.5) is 4.39 Å². The topological polar surface area (TPSA) is 79.4 Å². The van der Waals surface area contributed by atoms with Gasteiger partial charge in [0, 0.05) is 48.5 Å². The summed E-state index contributed by atoms with van der Waals surface area (Å²) in [5.41, 5.74) is 0.923. The molecule has 1 N–H and O–H groups in total. The van der Waals surface area contributed by atoms with Gasteiger partial charge in [-0.15, -0.1) is 0 Å². The SMILES string of the molecule is O=C(NCc1ccncc1)C1CCN(S(=O)(=O)Cc2c(F)cccc2Cl)CC1. The molecule has 1 aromatic heterocycles. The molecule has 0 atom stereocenters. The van der Waals surface area contributed by atoms with Crippen LogP contribution in [0.15, 0.2) is 42.7 Å². The fourth-order valence-corrected chi connectivity index (χ4v) is 5.09. The van der Waals surface area contributed by atoms with Crippen LogP contribution in [-0.4, -0.2) is 36.7 Å². The number of amides is 1. The zero-order valence-electron chi connectivity index (χ0n) is 15.1. The van der Waals surface area contributed by atoms with Crippen LogP contribution in [-0.2, 0) is 27.1 Å². The van der Waals surface area contributed by atoms with E-state index in [0.717, 1.165) is 5.56 Å². The van der Waals surface area contributed by atoms with Crippen LogP contribution in [0.3, 0.4) is 0 Å². The Kier molecular flexibility index (Phi) is 6.64. The summed E-state index contributed by atoms with van der Waals surface area (Å²) in [6.07, 6.45) is 4.16. The molecule has 6 nitrogen and oxygen atoms in total. The lowest BCUT2D eigenvalue weighted by Crippen LogP contribution is -2.43. The minimum Gasteiger partial charge on any atom is -0.352 e. The third-order valence-corrected chi connectivity index (χ3v) is 6.98. The third kappa shape index (κ3) is 5.06. The van der Waals surface area contributed by atoms with Crippen molar-refractivity contribution < 1.29 is 17.6 Å². The van der Waals surface area contributed by atoms with Gasteiger partial charge in [0.1, 0.15) is 5.82 Å². The fourth-order valence-electron chi connectivity index (χ4n) is 3.17. The quantitative estimate of drug-likeness (QED) is 0.771. The molecular formula is C19H21ClFN3O3S. The molecule has 0 saturated carbocycles. The van der Waals surface area contributed by atoms with Crippen LogP contribution < -0.4 is 5.32 Å². The summed E-state index contributed by atoms with van der Waals surface area (Å²) in [5, 5.41) is 2.97. The van der Waals surface area contributed by atoms with E-state index in [1.807, 2.05) is 12.1 Å². The molecule has 0 aliphatic carbocycles. The second-order valence-corrected chi connectivity index (χ2v) is 9.08. The second kappa shape index (κ2) is 8.98. The molecule has 3 rings (SSSR count). The van der Waals surface area contributed by atoms with Crippen LogP contribution in [0.2, 0.25) is 5.02 Å². The molecule has 1 fully saturated rings. The predicted molar refractivity (Wildman–Crippen MR) is 104 cm³/mol. The number of hydrogen-bond acceptors (Lipinski definition) is 4. The van der Waals surface area contributed by atoms with Gasteiger partial charge < -0.3 is 5.32 Å². The first-order valence-corrected chi connectivity index (χ1v) is 10.9. The highest BCUT2D eigenvalue weighted by Gasteiger charge is 2.32. The molecule has 1 amide bonds. The molecule has 9 heteroatoms. The smallest absolute Gasteiger partial charge is 0.223 e. The van der Waals surface area contributed by atoms with Gasteiger partial charge in [-0.05, 0) is 42.7 Å². The highest BCUT2D eigenvalue weighted by Crippen LogP contribution is 2.26. The number of sulfonamides is 1. The van der Waals surface area contributed by atoms with E-state index in [-0.39, 0.29) is 35.5 Å². The number of aromatic nitrogens is 1. The number of halogens is 2. The van der Waals surface area contributed by atoms with Gasteiger partial charge in [-0.1, -0.05) is 17.7 Å². The number of benzene rings is 1. The zero-order chi connectivity index (χ0) is 20.1. The Balaban J connectivity index is 1.54. The standard InChI is InChI=1S/C19H21ClFN3O3S/c20-17-2-1-3-18(21)16(17)13-28(26,27)24-10-6-15(7-11-24)19(25)23-12-14-4-8-22-9-5-14/h1-5,8-9,15H,6-7,10-13H2,(H,23,25). The molecule has 0 bridgehead atoms. The number of hydrogen-bond donors (Lipinski definition) is 1. The molecule has 2 heterocycles. The normalized spacial score (nSPS) is 16.1. The predicted octanol–water partition coefficient (Wildman–Crippen LogP) is 2.73. The summed E-state index contributed by atoms with van der Waals surface area (Å²) in [5.74, 6) is -1.46. The zero-order valence-corrected chi connectivity index (χ0v) is 16.7. The van der Waals surface area contributed by atoms with Crippen LogP contribution in [0.5, 0.6) is 0 Å². The maximum Gasteiger partial charge on any atom is 0.223 e. The van der Waals surface area contributed by atoms with Gasteiger partial charge in [0.25, 0.3) is 0 Å². The van der Waals surface area contributed by atoms with Crippen molar-refractivity contribution in [2.24, 2.45) is 5.92 Å². The Morgan fingerprint density at radius 1 is 1.21 bits per heavy atom. The van der Waals surface area contributed by atoms with Crippen molar-refractivity contribution in [3.63, 3.8) is 0 Å². The van der Waals surface area contributed by atoms with E-state index in [0.29, 0.717) is 19.4 Å². The fraction of sp³-hybridized carbons (Fsp3) is 0.368. The maximum atomic E-state index is 13.9. The lowest BCUT2D eigenvalue weighted by atomic mass is 9.97. The lowest BCUT2D eigenvalue weighted by Gasteiger charge is -2.30. The summed E-state index contributed by atoms with van der Waals surface area (Å²) in [7, 11) is -3.72. The van der Waals surface area contributed by atoms with Gasteiger partial charge in [-0.2, -0.15) is 0 Å². The highest BCUT2D eigenvalue weighted by atomic mass is 35.5. The van der Waals surface area contributed by atoms with E-state index < -0.39 is 21.6 Å². The van der Waals surface area contributed by atoms with Crippen molar-refractivity contribution in [2.75, 3.05) is 13.1 Å². The Morgan fingerprint density at radius 2 is 1.89 bits per heavy atom. The molecular weight excluding hydrogens is 405 g/mol. The number of nitrogens with zero attached hydrogens (tertiary/aromatic N) is 2. The molecule has 0 unspecified atom stereocenters. The molecule has 1 saturated heterocycles. The summed E-state index contributed by atoms with van der Waals surface area (Å²) >= 11 is 5.94. The van der Waals surface area contributed by atoms with Crippen molar-refractivity contribution in [3.8, 4) is 0 Å². The van der Waals surface area contributed by atoms with Gasteiger partial charge in [0.05, 0.1) is 5.75 Å². The molecule has 1 aromatic carbocycles. The monoisotopic (exact) mass is 425 g/mol. The molecule has 1 aliphatic heterocycles. The lowest BCUT2D eigenvalue weighted by molar-refractivity contribution is -0.126. The average Bonchev–Trinajstić information content (AvgIpc) is 2.70. The summed E-state index contributed by atoms with van der Waals surface area (Å²) < 4.78 is 40.5. The summed E-state index contributed by atoms with van der Waals surface area (Å²) in [4.78, 5) is 16.3. The Labute approximate surface area is 168 Å². The summed E-state index contributed by atoms with van der Waals surface area (Å²) in [6, 6.07) is 7.74. The molecule has 0 radical (unpaired) electrons. The van der Waals surface area contributed by atoms with Gasteiger partial charge in [-0.3, -0.25) is 9.78 Å². The molecule has 0 spiro atoms. The van der Waals surface area contributed by atoms with Crippen LogP contribution in [0, 0.1) is 11.7 Å². The summed E-state index contributed by atoms with van der Waals surface area (Å²) in [6.45, 7) is 0.856. The highest BCUT2D eigenvalue weighted by molar-refractivity contribution is 7.88. The largest absolute Gasteiger partial charge is 0.352 e. The Morgan fingerprint density at radius 3 is 2.54 bits per heavy atom. The van der Waals surface area contributed by atoms with Crippen molar-refractivity contribution in [3.05, 3.63) is 64.7 Å². The average molecular weight is 426 g/mol. The number of piperidine rings is 1. The first-order chi connectivity index (χ1) is 13.4. The molecule has 150 valence electrons. The van der Waals surface area contributed by atoms with Crippen LogP contribution in [0.1, 0.15) is 24.0 Å². The van der Waals surface area contributed by atoms with E-state index in [1.165, 1.54) is 22.5 Å². The minimum atomic E-state index is -3.72. The van der Waals surface area contributed by atoms with Crippen molar-refractivity contribution in [1.29, 1.82) is 0 Å². The van der Waals surface area contributed by atoms with Gasteiger partial charge in [0.15, 0.2) is 0 Å². The minimum absolute atomic E-state index is 0.0265. The van der Waals surface area contributed by atoms with Crippen molar-refractivity contribution >= 4 is 27.5 Å². The number of rotatable bonds is 6. The molecule has 2 aromatic rings. The van der Waals surface area contributed by atoms with Gasteiger partial charge >= 0.3 is 0 Å². The first kappa shape index (κ1) is 20.7. The first-order valence-electron chi connectivity index (χ1n) is 8.94. The van der Waals surface area contributed by atoms with Gasteiger partial charge in [0.2, 0.25) is 15.9 Å². The Hall–Kier alpha value is -2.03. The van der Waals surface area contributed by atoms with Crippen molar-refractivity contribution in [2.45, 2.75) is 25.1 Å². The number of pyridine rings is 1. The van der Waals surface area contributed by atoms with E-state index in [1.54, 1.807) is 12.4 Å². The molecule has 1 aliphatic rings. The Bertz CT molecular complexity index is 912.